The molecular formula is C24H24N2O2S. The first-order chi connectivity index (χ1) is 14.0. The zero-order chi connectivity index (χ0) is 20.9. The van der Waals surface area contributed by atoms with Crippen LogP contribution in [-0.2, 0) is 9.84 Å². The van der Waals surface area contributed by atoms with Crippen LogP contribution in [0.2, 0.25) is 0 Å². The molecule has 148 valence electrons. The van der Waals surface area contributed by atoms with Crippen LogP contribution in [0.15, 0.2) is 88.9 Å². The summed E-state index contributed by atoms with van der Waals surface area (Å²) in [7, 11) is -3.38. The predicted octanol–water partition coefficient (Wildman–Crippen LogP) is 4.75. The van der Waals surface area contributed by atoms with Crippen LogP contribution in [0.3, 0.4) is 0 Å². The highest BCUT2D eigenvalue weighted by molar-refractivity contribution is 7.90. The van der Waals surface area contributed by atoms with Crippen LogP contribution < -0.4 is 5.84 Å². The number of hydrogen-bond acceptors (Lipinski definition) is 4. The van der Waals surface area contributed by atoms with Crippen LogP contribution in [0.5, 0.6) is 0 Å². The Balaban J connectivity index is 2.39. The summed E-state index contributed by atoms with van der Waals surface area (Å²) in [6, 6.07) is 25.1. The first-order valence-corrected chi connectivity index (χ1v) is 11.3. The summed E-state index contributed by atoms with van der Waals surface area (Å²) < 4.78 is 24.9. The van der Waals surface area contributed by atoms with Crippen LogP contribution in [0.1, 0.15) is 35.6 Å². The third kappa shape index (κ3) is 4.63. The maximum absolute atomic E-state index is 12.5. The van der Waals surface area contributed by atoms with E-state index < -0.39 is 9.84 Å². The van der Waals surface area contributed by atoms with Crippen molar-refractivity contribution >= 4 is 27.2 Å². The molecule has 3 aromatic rings. The molecule has 0 bridgehead atoms. The molecule has 0 saturated heterocycles. The van der Waals surface area contributed by atoms with Crippen molar-refractivity contribution in [1.82, 2.24) is 0 Å². The number of sulfone groups is 1. The Morgan fingerprint density at radius 1 is 0.931 bits per heavy atom. The van der Waals surface area contributed by atoms with Crippen molar-refractivity contribution in [2.45, 2.75) is 18.2 Å². The Bertz CT molecular complexity index is 1160. The van der Waals surface area contributed by atoms with Gasteiger partial charge in [-0.2, -0.15) is 5.10 Å². The van der Waals surface area contributed by atoms with Crippen molar-refractivity contribution in [3.63, 3.8) is 0 Å². The quantitative estimate of drug-likeness (QED) is 0.279. The van der Waals surface area contributed by atoms with Gasteiger partial charge in [0.25, 0.3) is 0 Å². The molecule has 5 heteroatoms. The molecule has 0 atom stereocenters. The monoisotopic (exact) mass is 404 g/mol. The highest BCUT2D eigenvalue weighted by Gasteiger charge is 2.19. The predicted molar refractivity (Wildman–Crippen MR) is 120 cm³/mol. The van der Waals surface area contributed by atoms with Gasteiger partial charge in [0.15, 0.2) is 9.84 Å². The summed E-state index contributed by atoms with van der Waals surface area (Å²) in [4.78, 5) is 0.338. The first-order valence-electron chi connectivity index (χ1n) is 9.37. The number of hydrazone groups is 1. The van der Waals surface area contributed by atoms with Crippen molar-refractivity contribution in [3.05, 3.63) is 101 Å². The second-order valence-electron chi connectivity index (χ2n) is 6.75. The van der Waals surface area contributed by atoms with E-state index in [1.807, 2.05) is 73.7 Å². The van der Waals surface area contributed by atoms with Gasteiger partial charge in [-0.25, -0.2) is 8.42 Å². The van der Waals surface area contributed by atoms with Crippen molar-refractivity contribution in [2.24, 2.45) is 10.9 Å². The summed E-state index contributed by atoms with van der Waals surface area (Å²) in [5, 5.41) is 3.63. The molecule has 4 nitrogen and oxygen atoms in total. The maximum atomic E-state index is 12.5. The van der Waals surface area contributed by atoms with Gasteiger partial charge in [0.1, 0.15) is 0 Å². The lowest BCUT2D eigenvalue weighted by atomic mass is 9.87. The smallest absolute Gasteiger partial charge is 0.176 e. The fraction of sp³-hybridized carbons (Fsp3) is 0.125. The fourth-order valence-corrected chi connectivity index (χ4v) is 4.44. The number of rotatable bonds is 6. The number of nitrogens with two attached hydrogens (primary N) is 1. The molecule has 0 radical (unpaired) electrons. The average molecular weight is 405 g/mol. The summed E-state index contributed by atoms with van der Waals surface area (Å²) in [6.45, 7) is 2.04. The Labute approximate surface area is 172 Å². The Morgan fingerprint density at radius 3 is 2.24 bits per heavy atom. The van der Waals surface area contributed by atoms with Crippen LogP contribution in [0, 0.1) is 0 Å². The third-order valence-electron chi connectivity index (χ3n) is 4.73. The Morgan fingerprint density at radius 2 is 1.59 bits per heavy atom. The zero-order valence-electron chi connectivity index (χ0n) is 16.5. The van der Waals surface area contributed by atoms with Gasteiger partial charge in [0.05, 0.1) is 11.1 Å². The Kier molecular flexibility index (Phi) is 6.29. The van der Waals surface area contributed by atoms with Gasteiger partial charge >= 0.3 is 0 Å². The second kappa shape index (κ2) is 8.88. The normalized spacial score (nSPS) is 12.8. The van der Waals surface area contributed by atoms with Crippen molar-refractivity contribution < 1.29 is 8.42 Å². The van der Waals surface area contributed by atoms with Crippen LogP contribution in [-0.4, -0.2) is 20.9 Å². The van der Waals surface area contributed by atoms with E-state index in [4.69, 9.17) is 5.84 Å². The number of allylic oxidation sites excluding steroid dienone is 1. The molecule has 0 aliphatic heterocycles. The van der Waals surface area contributed by atoms with E-state index in [0.29, 0.717) is 11.3 Å². The molecule has 0 aliphatic carbocycles. The minimum Gasteiger partial charge on any atom is -0.323 e. The zero-order valence-corrected chi connectivity index (χ0v) is 17.4. The molecule has 2 N–H and O–H groups in total. The SMILES string of the molecule is CC/C(=C(/c1ccccc1)c1cccc(/C=N\N)c1)c1ccccc1S(C)(=O)=O. The molecule has 0 aromatic heterocycles. The molecule has 29 heavy (non-hydrogen) atoms. The molecule has 0 fully saturated rings. The number of nitrogens with zero attached hydrogens (tertiary/aromatic N) is 1. The van der Waals surface area contributed by atoms with Gasteiger partial charge < -0.3 is 5.84 Å². The van der Waals surface area contributed by atoms with E-state index in [-0.39, 0.29) is 0 Å². The minimum atomic E-state index is -3.38. The highest BCUT2D eigenvalue weighted by Crippen LogP contribution is 2.36. The summed E-state index contributed by atoms with van der Waals surface area (Å²) in [5.41, 5.74) is 5.58. The lowest BCUT2D eigenvalue weighted by Crippen LogP contribution is -2.04. The third-order valence-corrected chi connectivity index (χ3v) is 5.88. The minimum absolute atomic E-state index is 0.338. The van der Waals surface area contributed by atoms with Crippen LogP contribution in [0.25, 0.3) is 11.1 Å². The average Bonchev–Trinajstić information content (AvgIpc) is 2.72. The van der Waals surface area contributed by atoms with Crippen molar-refractivity contribution in [2.75, 3.05) is 6.26 Å². The molecule has 0 heterocycles. The molecular weight excluding hydrogens is 380 g/mol. The van der Waals surface area contributed by atoms with E-state index in [9.17, 15) is 8.42 Å². The topological polar surface area (TPSA) is 72.5 Å². The van der Waals surface area contributed by atoms with Gasteiger partial charge in [0, 0.05) is 6.26 Å². The largest absolute Gasteiger partial charge is 0.323 e. The molecule has 3 aromatic carbocycles. The Hall–Kier alpha value is -3.18. The molecule has 0 amide bonds. The molecule has 0 saturated carbocycles. The standard InChI is InChI=1S/C24H24N2O2S/c1-3-21(22-14-7-8-15-23(22)29(2,27)28)24(19-11-5-4-6-12-19)20-13-9-10-18(16-20)17-26-25/h4-17H,3,25H2,1-2H3/b24-21+,26-17-. The van der Waals surface area contributed by atoms with E-state index in [0.717, 1.165) is 33.4 Å². The van der Waals surface area contributed by atoms with Crippen LogP contribution in [0.4, 0.5) is 0 Å². The first kappa shape index (κ1) is 20.6. The van der Waals surface area contributed by atoms with Gasteiger partial charge in [-0.3, -0.25) is 0 Å². The van der Waals surface area contributed by atoms with Gasteiger partial charge in [-0.1, -0.05) is 73.7 Å². The van der Waals surface area contributed by atoms with Crippen molar-refractivity contribution in [1.29, 1.82) is 0 Å². The van der Waals surface area contributed by atoms with Gasteiger partial charge in [0.2, 0.25) is 0 Å². The molecule has 3 rings (SSSR count). The van der Waals surface area contributed by atoms with Gasteiger partial charge in [-0.15, -0.1) is 0 Å². The van der Waals surface area contributed by atoms with E-state index in [1.54, 1.807) is 18.3 Å². The molecule has 0 spiro atoms. The van der Waals surface area contributed by atoms with E-state index in [2.05, 4.69) is 5.10 Å². The lowest BCUT2D eigenvalue weighted by molar-refractivity contribution is 0.601. The van der Waals surface area contributed by atoms with Crippen molar-refractivity contribution in [3.8, 4) is 0 Å². The number of hydrogen-bond donors (Lipinski definition) is 1. The fourth-order valence-electron chi connectivity index (χ4n) is 3.52. The maximum Gasteiger partial charge on any atom is 0.176 e. The molecule has 0 aliphatic rings. The summed E-state index contributed by atoms with van der Waals surface area (Å²) in [5.74, 6) is 5.33. The summed E-state index contributed by atoms with van der Waals surface area (Å²) >= 11 is 0. The number of benzene rings is 3. The lowest BCUT2D eigenvalue weighted by Gasteiger charge is -2.18. The van der Waals surface area contributed by atoms with Gasteiger partial charge in [-0.05, 0) is 52.0 Å². The summed E-state index contributed by atoms with van der Waals surface area (Å²) in [6.07, 6.45) is 3.52. The second-order valence-corrected chi connectivity index (χ2v) is 8.73. The molecule has 0 unspecified atom stereocenters. The van der Waals surface area contributed by atoms with E-state index in [1.165, 1.54) is 6.26 Å². The van der Waals surface area contributed by atoms with Crippen LogP contribution >= 0.6 is 0 Å². The van der Waals surface area contributed by atoms with E-state index >= 15 is 0 Å². The highest BCUT2D eigenvalue weighted by atomic mass is 32.2.